The summed E-state index contributed by atoms with van der Waals surface area (Å²) in [5, 5.41) is 0. The molecule has 1 aromatic rings. The molecule has 0 amide bonds. The van der Waals surface area contributed by atoms with Crippen molar-refractivity contribution < 1.29 is 18.9 Å². The molecule has 2 rings (SSSR count). The van der Waals surface area contributed by atoms with Crippen LogP contribution in [0.5, 0.6) is 17.2 Å². The van der Waals surface area contributed by atoms with Gasteiger partial charge in [-0.2, -0.15) is 0 Å². The molecule has 1 aliphatic heterocycles. The minimum atomic E-state index is 0.359. The molecule has 0 spiro atoms. The van der Waals surface area contributed by atoms with Gasteiger partial charge in [-0.05, 0) is 30.9 Å². The van der Waals surface area contributed by atoms with Crippen LogP contribution in [0.2, 0.25) is 0 Å². The van der Waals surface area contributed by atoms with Gasteiger partial charge in [-0.25, -0.2) is 0 Å². The topological polar surface area (TPSA) is 40.2 Å². The van der Waals surface area contributed by atoms with Gasteiger partial charge in [0.2, 0.25) is 5.75 Å². The summed E-state index contributed by atoms with van der Waals surface area (Å²) in [7, 11) is 4.90. The summed E-state index contributed by atoms with van der Waals surface area (Å²) >= 11 is 0. The van der Waals surface area contributed by atoms with Crippen LogP contribution >= 0.6 is 0 Å². The molecule has 0 aliphatic carbocycles. The van der Waals surface area contributed by atoms with Crippen molar-refractivity contribution in [3.63, 3.8) is 0 Å². The van der Waals surface area contributed by atoms with Crippen LogP contribution in [-0.4, -0.2) is 33.5 Å². The first-order valence-corrected chi connectivity index (χ1v) is 6.55. The van der Waals surface area contributed by atoms with Gasteiger partial charge in [0, 0.05) is 0 Å². The minimum Gasteiger partial charge on any atom is -0.493 e. The molecule has 0 aromatic heterocycles. The van der Waals surface area contributed by atoms with E-state index in [1.807, 2.05) is 12.1 Å². The highest BCUT2D eigenvalue weighted by Gasteiger charge is 2.39. The summed E-state index contributed by atoms with van der Waals surface area (Å²) in [6, 6.07) is 3.95. The van der Waals surface area contributed by atoms with Gasteiger partial charge in [-0.15, -0.1) is 0 Å². The Morgan fingerprint density at radius 3 is 2.21 bits per heavy atom. The van der Waals surface area contributed by atoms with E-state index in [9.17, 15) is 0 Å². The summed E-state index contributed by atoms with van der Waals surface area (Å²) in [6.07, 6.45) is 1.64. The van der Waals surface area contributed by atoms with Crippen molar-refractivity contribution in [3.8, 4) is 17.2 Å². The lowest BCUT2D eigenvalue weighted by Crippen LogP contribution is -2.10. The zero-order valence-electron chi connectivity index (χ0n) is 12.2. The summed E-state index contributed by atoms with van der Waals surface area (Å²) in [5.41, 5.74) is 1.12. The molecular weight excluding hydrogens is 244 g/mol. The van der Waals surface area contributed by atoms with Crippen LogP contribution in [0, 0.1) is 5.92 Å². The molecule has 1 aromatic carbocycles. The Labute approximate surface area is 114 Å². The van der Waals surface area contributed by atoms with Gasteiger partial charge in [0.05, 0.1) is 33.5 Å². The number of rotatable bonds is 6. The van der Waals surface area contributed by atoms with Gasteiger partial charge in [0.15, 0.2) is 11.5 Å². The molecular formula is C15H22O4. The van der Waals surface area contributed by atoms with E-state index >= 15 is 0 Å². The number of benzene rings is 1. The SMILES string of the molecule is COc1ccc(CC(C)C2OC2C)c(OC)c1OC. The number of epoxide rings is 1. The highest BCUT2D eigenvalue weighted by molar-refractivity contribution is 5.55. The van der Waals surface area contributed by atoms with E-state index in [0.717, 1.165) is 17.7 Å². The van der Waals surface area contributed by atoms with Crippen LogP contribution in [0.1, 0.15) is 19.4 Å². The highest BCUT2D eigenvalue weighted by atomic mass is 16.6. The monoisotopic (exact) mass is 266 g/mol. The van der Waals surface area contributed by atoms with Crippen molar-refractivity contribution in [2.24, 2.45) is 5.92 Å². The van der Waals surface area contributed by atoms with Crippen molar-refractivity contribution in [3.05, 3.63) is 17.7 Å². The van der Waals surface area contributed by atoms with E-state index in [-0.39, 0.29) is 0 Å². The van der Waals surface area contributed by atoms with Gasteiger partial charge >= 0.3 is 0 Å². The fourth-order valence-corrected chi connectivity index (χ4v) is 2.59. The van der Waals surface area contributed by atoms with E-state index in [0.29, 0.717) is 29.6 Å². The van der Waals surface area contributed by atoms with Crippen molar-refractivity contribution >= 4 is 0 Å². The summed E-state index contributed by atoms with van der Waals surface area (Å²) < 4.78 is 21.7. The number of hydrogen-bond donors (Lipinski definition) is 0. The predicted octanol–water partition coefficient (Wildman–Crippen LogP) is 2.68. The van der Waals surface area contributed by atoms with Gasteiger partial charge in [0.1, 0.15) is 0 Å². The lowest BCUT2D eigenvalue weighted by molar-refractivity contribution is 0.313. The molecule has 1 saturated heterocycles. The molecule has 1 fully saturated rings. The van der Waals surface area contributed by atoms with Crippen LogP contribution < -0.4 is 14.2 Å². The second-order valence-corrected chi connectivity index (χ2v) is 4.98. The molecule has 0 saturated carbocycles. The second kappa shape index (κ2) is 5.70. The largest absolute Gasteiger partial charge is 0.493 e. The minimum absolute atomic E-state index is 0.359. The maximum Gasteiger partial charge on any atom is 0.203 e. The molecule has 0 N–H and O–H groups in total. The zero-order valence-corrected chi connectivity index (χ0v) is 12.2. The fourth-order valence-electron chi connectivity index (χ4n) is 2.59. The zero-order chi connectivity index (χ0) is 14.0. The Balaban J connectivity index is 2.24. The van der Waals surface area contributed by atoms with Crippen molar-refractivity contribution in [1.29, 1.82) is 0 Å². The van der Waals surface area contributed by atoms with Crippen LogP contribution in [-0.2, 0) is 11.2 Å². The van der Waals surface area contributed by atoms with Crippen molar-refractivity contribution in [2.75, 3.05) is 21.3 Å². The van der Waals surface area contributed by atoms with Gasteiger partial charge in [-0.1, -0.05) is 13.0 Å². The smallest absolute Gasteiger partial charge is 0.203 e. The number of ether oxygens (including phenoxy) is 4. The predicted molar refractivity (Wildman–Crippen MR) is 73.3 cm³/mol. The van der Waals surface area contributed by atoms with E-state index < -0.39 is 0 Å². The first kappa shape index (κ1) is 14.0. The molecule has 1 aliphatic rings. The second-order valence-electron chi connectivity index (χ2n) is 4.98. The van der Waals surface area contributed by atoms with Crippen molar-refractivity contribution in [1.82, 2.24) is 0 Å². The van der Waals surface area contributed by atoms with Gasteiger partial charge in [-0.3, -0.25) is 0 Å². The summed E-state index contributed by atoms with van der Waals surface area (Å²) in [4.78, 5) is 0. The Bertz CT molecular complexity index is 444. The van der Waals surface area contributed by atoms with Gasteiger partial charge in [0.25, 0.3) is 0 Å². The maximum absolute atomic E-state index is 5.53. The van der Waals surface area contributed by atoms with Crippen LogP contribution in [0.15, 0.2) is 12.1 Å². The molecule has 4 nitrogen and oxygen atoms in total. The molecule has 3 atom stereocenters. The van der Waals surface area contributed by atoms with E-state index in [1.165, 1.54) is 0 Å². The first-order valence-electron chi connectivity index (χ1n) is 6.55. The number of hydrogen-bond acceptors (Lipinski definition) is 4. The van der Waals surface area contributed by atoms with E-state index in [2.05, 4.69) is 13.8 Å². The van der Waals surface area contributed by atoms with Crippen LogP contribution in [0.4, 0.5) is 0 Å². The normalized spacial score (nSPS) is 22.8. The molecule has 19 heavy (non-hydrogen) atoms. The Kier molecular flexibility index (Phi) is 4.20. The number of methoxy groups -OCH3 is 3. The molecule has 3 unspecified atom stereocenters. The lowest BCUT2D eigenvalue weighted by atomic mass is 9.95. The molecule has 106 valence electrons. The fraction of sp³-hybridized carbons (Fsp3) is 0.600. The molecule has 4 heteroatoms. The summed E-state index contributed by atoms with van der Waals surface area (Å²) in [5.74, 6) is 2.55. The highest BCUT2D eigenvalue weighted by Crippen LogP contribution is 2.41. The third-order valence-electron chi connectivity index (χ3n) is 3.65. The average molecular weight is 266 g/mol. The molecule has 1 heterocycles. The quantitative estimate of drug-likeness (QED) is 0.742. The molecule has 0 radical (unpaired) electrons. The first-order chi connectivity index (χ1) is 9.12. The lowest BCUT2D eigenvalue weighted by Gasteiger charge is -2.17. The van der Waals surface area contributed by atoms with Crippen LogP contribution in [0.3, 0.4) is 0 Å². The summed E-state index contributed by atoms with van der Waals surface area (Å²) in [6.45, 7) is 4.30. The Hall–Kier alpha value is -1.42. The standard InChI is InChI=1S/C15H22O4/c1-9(13-10(2)19-13)8-11-6-7-12(16-3)15(18-5)14(11)17-4/h6-7,9-10,13H,8H2,1-5H3. The van der Waals surface area contributed by atoms with Crippen LogP contribution in [0.25, 0.3) is 0 Å². The van der Waals surface area contributed by atoms with E-state index in [4.69, 9.17) is 18.9 Å². The van der Waals surface area contributed by atoms with E-state index in [1.54, 1.807) is 21.3 Å². The third-order valence-corrected chi connectivity index (χ3v) is 3.65. The third kappa shape index (κ3) is 2.78. The van der Waals surface area contributed by atoms with Gasteiger partial charge < -0.3 is 18.9 Å². The maximum atomic E-state index is 5.53. The average Bonchev–Trinajstić information content (AvgIpc) is 3.15. The Morgan fingerprint density at radius 2 is 1.74 bits per heavy atom. The van der Waals surface area contributed by atoms with Crippen molar-refractivity contribution in [2.45, 2.75) is 32.5 Å². The Morgan fingerprint density at radius 1 is 1.11 bits per heavy atom. The molecule has 0 bridgehead atoms.